The smallest absolute Gasteiger partial charge is 0.159 e. The second-order valence-corrected chi connectivity index (χ2v) is 3.83. The van der Waals surface area contributed by atoms with E-state index in [1.165, 1.54) is 6.07 Å². The summed E-state index contributed by atoms with van der Waals surface area (Å²) in [6.45, 7) is 5.50. The highest BCUT2D eigenvalue weighted by Crippen LogP contribution is 2.17. The van der Waals surface area contributed by atoms with E-state index in [2.05, 4.69) is 5.32 Å². The minimum absolute atomic E-state index is 0.0341. The summed E-state index contributed by atoms with van der Waals surface area (Å²) < 4.78 is 24.2. The predicted octanol–water partition coefficient (Wildman–Crippen LogP) is 2.90. The van der Waals surface area contributed by atoms with E-state index in [1.807, 2.05) is 19.9 Å². The minimum atomic E-state index is -0.515. The lowest BCUT2D eigenvalue weighted by molar-refractivity contribution is -0.137. The van der Waals surface area contributed by atoms with Gasteiger partial charge < -0.3 is 14.8 Å². The molecule has 5 heteroatoms. The Morgan fingerprint density at radius 1 is 1.32 bits per heavy atom. The Kier molecular flexibility index (Phi) is 6.86. The first-order valence-corrected chi connectivity index (χ1v) is 6.38. The van der Waals surface area contributed by atoms with Crippen molar-refractivity contribution in [2.45, 2.75) is 26.6 Å². The van der Waals surface area contributed by atoms with Crippen molar-refractivity contribution in [3.05, 3.63) is 29.6 Å². The number of rotatable bonds is 8. The number of hydrogen-bond donors (Lipinski definition) is 1. The molecule has 0 aliphatic carbocycles. The van der Waals surface area contributed by atoms with Crippen LogP contribution >= 0.6 is 0 Å². The Labute approximate surface area is 113 Å². The van der Waals surface area contributed by atoms with Gasteiger partial charge in [0.25, 0.3) is 0 Å². The Morgan fingerprint density at radius 2 is 2.00 bits per heavy atom. The number of halogens is 1. The summed E-state index contributed by atoms with van der Waals surface area (Å²) >= 11 is 0. The van der Waals surface area contributed by atoms with Gasteiger partial charge in [0.05, 0.1) is 5.69 Å². The molecule has 1 aromatic rings. The molecule has 0 fully saturated rings. The SMILES string of the molecule is CCOC(CCNc1cccc(F)c1C#N)OCC. The van der Waals surface area contributed by atoms with E-state index in [9.17, 15) is 4.39 Å². The van der Waals surface area contributed by atoms with Gasteiger partial charge in [0, 0.05) is 26.2 Å². The summed E-state index contributed by atoms with van der Waals surface area (Å²) in [5, 5.41) is 11.9. The molecule has 104 valence electrons. The van der Waals surface area contributed by atoms with Crippen LogP contribution in [0.15, 0.2) is 18.2 Å². The van der Waals surface area contributed by atoms with Gasteiger partial charge in [-0.3, -0.25) is 0 Å². The van der Waals surface area contributed by atoms with E-state index in [0.29, 0.717) is 31.9 Å². The maximum Gasteiger partial charge on any atom is 0.159 e. The van der Waals surface area contributed by atoms with Gasteiger partial charge in [0.15, 0.2) is 6.29 Å². The molecule has 0 atom stereocenters. The number of ether oxygens (including phenoxy) is 2. The molecule has 1 N–H and O–H groups in total. The first-order valence-electron chi connectivity index (χ1n) is 6.38. The summed E-state index contributed by atoms with van der Waals surface area (Å²) in [5.41, 5.74) is 0.529. The van der Waals surface area contributed by atoms with Gasteiger partial charge in [-0.2, -0.15) is 5.26 Å². The van der Waals surface area contributed by atoms with Crippen LogP contribution < -0.4 is 5.32 Å². The third kappa shape index (κ3) is 4.86. The molecule has 1 aromatic carbocycles. The quantitative estimate of drug-likeness (QED) is 0.735. The van der Waals surface area contributed by atoms with Crippen molar-refractivity contribution in [2.24, 2.45) is 0 Å². The largest absolute Gasteiger partial charge is 0.384 e. The monoisotopic (exact) mass is 266 g/mol. The van der Waals surface area contributed by atoms with Crippen LogP contribution in [0.25, 0.3) is 0 Å². The van der Waals surface area contributed by atoms with E-state index in [4.69, 9.17) is 14.7 Å². The number of nitriles is 1. The van der Waals surface area contributed by atoms with Gasteiger partial charge in [0.2, 0.25) is 0 Å². The molecular weight excluding hydrogens is 247 g/mol. The van der Waals surface area contributed by atoms with Crippen LogP contribution in [-0.4, -0.2) is 26.0 Å². The third-order valence-corrected chi connectivity index (χ3v) is 2.53. The molecule has 0 unspecified atom stereocenters. The lowest BCUT2D eigenvalue weighted by Gasteiger charge is -2.17. The second kappa shape index (κ2) is 8.46. The summed E-state index contributed by atoms with van der Waals surface area (Å²) in [7, 11) is 0. The molecule has 0 aromatic heterocycles. The first-order chi connectivity index (χ1) is 9.22. The van der Waals surface area contributed by atoms with Crippen molar-refractivity contribution in [2.75, 3.05) is 25.1 Å². The highest BCUT2D eigenvalue weighted by atomic mass is 19.1. The maximum absolute atomic E-state index is 13.4. The molecule has 0 aliphatic heterocycles. The Bertz CT molecular complexity index is 426. The van der Waals surface area contributed by atoms with Crippen LogP contribution in [0.1, 0.15) is 25.8 Å². The first kappa shape index (κ1) is 15.4. The zero-order chi connectivity index (χ0) is 14.1. The normalized spacial score (nSPS) is 10.5. The number of benzene rings is 1. The fraction of sp³-hybridized carbons (Fsp3) is 0.500. The topological polar surface area (TPSA) is 54.3 Å². The van der Waals surface area contributed by atoms with Crippen LogP contribution in [-0.2, 0) is 9.47 Å². The van der Waals surface area contributed by atoms with Gasteiger partial charge in [-0.15, -0.1) is 0 Å². The van der Waals surface area contributed by atoms with Crippen molar-refractivity contribution in [3.63, 3.8) is 0 Å². The molecule has 19 heavy (non-hydrogen) atoms. The van der Waals surface area contributed by atoms with Crippen LogP contribution in [0.4, 0.5) is 10.1 Å². The summed E-state index contributed by atoms with van der Waals surface area (Å²) in [5.74, 6) is -0.515. The molecule has 0 bridgehead atoms. The van der Waals surface area contributed by atoms with Gasteiger partial charge in [-0.25, -0.2) is 4.39 Å². The van der Waals surface area contributed by atoms with Crippen molar-refractivity contribution in [1.82, 2.24) is 0 Å². The number of nitrogens with one attached hydrogen (secondary N) is 1. The Hall–Kier alpha value is -1.64. The van der Waals surface area contributed by atoms with Crippen molar-refractivity contribution < 1.29 is 13.9 Å². The second-order valence-electron chi connectivity index (χ2n) is 3.83. The standard InChI is InChI=1S/C14H19FN2O2/c1-3-18-14(19-4-2)8-9-17-13-7-5-6-12(15)11(13)10-16/h5-7,14,17H,3-4,8-9H2,1-2H3. The molecule has 0 amide bonds. The average molecular weight is 266 g/mol. The van der Waals surface area contributed by atoms with Gasteiger partial charge >= 0.3 is 0 Å². The molecule has 0 spiro atoms. The molecule has 0 aliphatic rings. The molecule has 0 radical (unpaired) electrons. The molecule has 4 nitrogen and oxygen atoms in total. The van der Waals surface area contributed by atoms with E-state index < -0.39 is 5.82 Å². The maximum atomic E-state index is 13.4. The van der Waals surface area contributed by atoms with Crippen molar-refractivity contribution in [1.29, 1.82) is 5.26 Å². The Balaban J connectivity index is 2.53. The Morgan fingerprint density at radius 3 is 2.58 bits per heavy atom. The average Bonchev–Trinajstić information content (AvgIpc) is 2.39. The van der Waals surface area contributed by atoms with E-state index in [1.54, 1.807) is 12.1 Å². The van der Waals surface area contributed by atoms with Crippen LogP contribution in [0, 0.1) is 17.1 Å². The molecule has 0 saturated heterocycles. The van der Waals surface area contributed by atoms with Crippen molar-refractivity contribution in [3.8, 4) is 6.07 Å². The van der Waals surface area contributed by atoms with Crippen molar-refractivity contribution >= 4 is 5.69 Å². The number of nitrogens with zero attached hydrogens (tertiary/aromatic N) is 1. The van der Waals surface area contributed by atoms with E-state index in [-0.39, 0.29) is 11.9 Å². The fourth-order valence-corrected chi connectivity index (χ4v) is 1.70. The third-order valence-electron chi connectivity index (χ3n) is 2.53. The number of hydrogen-bond acceptors (Lipinski definition) is 4. The van der Waals surface area contributed by atoms with E-state index in [0.717, 1.165) is 0 Å². The van der Waals surface area contributed by atoms with Crippen LogP contribution in [0.5, 0.6) is 0 Å². The summed E-state index contributed by atoms with van der Waals surface area (Å²) in [4.78, 5) is 0. The number of anilines is 1. The predicted molar refractivity (Wildman–Crippen MR) is 71.3 cm³/mol. The highest BCUT2D eigenvalue weighted by Gasteiger charge is 2.10. The summed E-state index contributed by atoms with van der Waals surface area (Å²) in [6, 6.07) is 6.37. The summed E-state index contributed by atoms with van der Waals surface area (Å²) in [6.07, 6.45) is 0.352. The zero-order valence-electron chi connectivity index (χ0n) is 11.3. The van der Waals surface area contributed by atoms with Crippen LogP contribution in [0.3, 0.4) is 0 Å². The lowest BCUT2D eigenvalue weighted by Crippen LogP contribution is -2.21. The minimum Gasteiger partial charge on any atom is -0.384 e. The molecule has 0 heterocycles. The van der Waals surface area contributed by atoms with Crippen LogP contribution in [0.2, 0.25) is 0 Å². The zero-order valence-corrected chi connectivity index (χ0v) is 11.3. The lowest BCUT2D eigenvalue weighted by atomic mass is 10.2. The molecule has 0 saturated carbocycles. The highest BCUT2D eigenvalue weighted by molar-refractivity contribution is 5.57. The molecule has 1 rings (SSSR count). The fourth-order valence-electron chi connectivity index (χ4n) is 1.70. The van der Waals surface area contributed by atoms with Gasteiger partial charge in [-0.1, -0.05) is 6.07 Å². The van der Waals surface area contributed by atoms with E-state index >= 15 is 0 Å². The molecular formula is C14H19FN2O2. The van der Waals surface area contributed by atoms with Gasteiger partial charge in [-0.05, 0) is 26.0 Å². The van der Waals surface area contributed by atoms with Gasteiger partial charge in [0.1, 0.15) is 17.4 Å².